The molecule has 0 saturated carbocycles. The zero-order valence-electron chi connectivity index (χ0n) is 7.73. The first-order valence-electron chi connectivity index (χ1n) is 3.94. The molecule has 0 spiro atoms. The molecule has 1 unspecified atom stereocenters. The molecule has 5 heteroatoms. The molecule has 1 aromatic rings. The summed E-state index contributed by atoms with van der Waals surface area (Å²) in [5, 5.41) is 0. The summed E-state index contributed by atoms with van der Waals surface area (Å²) in [5.74, 6) is 0.362. The second-order valence-electron chi connectivity index (χ2n) is 2.79. The van der Waals surface area contributed by atoms with Gasteiger partial charge in [-0.1, -0.05) is 0 Å². The van der Waals surface area contributed by atoms with Crippen molar-refractivity contribution in [3.05, 3.63) is 18.2 Å². The fraction of sp³-hybridized carbons (Fsp3) is 0.500. The summed E-state index contributed by atoms with van der Waals surface area (Å²) in [4.78, 5) is 15.0. The Kier molecular flexibility index (Phi) is 3.02. The summed E-state index contributed by atoms with van der Waals surface area (Å²) in [6, 6.07) is -0.633. The first-order valence-corrected chi connectivity index (χ1v) is 3.94. The topological polar surface area (TPSA) is 70.1 Å². The number of carbonyl (C=O) groups excluding carboxylic acids is 1. The van der Waals surface area contributed by atoms with Gasteiger partial charge >= 0.3 is 5.97 Å². The van der Waals surface area contributed by atoms with E-state index in [9.17, 15) is 4.79 Å². The SMILES string of the molecule is COC(=O)C(N)Cc1nccn1C. The molecule has 0 saturated heterocycles. The highest BCUT2D eigenvalue weighted by Crippen LogP contribution is 1.99. The Hall–Kier alpha value is -1.36. The van der Waals surface area contributed by atoms with Crippen molar-refractivity contribution >= 4 is 5.97 Å². The summed E-state index contributed by atoms with van der Waals surface area (Å²) in [6.45, 7) is 0. The first kappa shape index (κ1) is 9.73. The predicted octanol–water partition coefficient (Wildman–Crippen LogP) is -0.537. The van der Waals surface area contributed by atoms with Gasteiger partial charge in [-0.25, -0.2) is 4.98 Å². The lowest BCUT2D eigenvalue weighted by Gasteiger charge is -2.08. The lowest BCUT2D eigenvalue weighted by atomic mass is 10.2. The molecular weight excluding hydrogens is 170 g/mol. The molecule has 13 heavy (non-hydrogen) atoms. The maximum absolute atomic E-state index is 11.0. The number of carbonyl (C=O) groups is 1. The van der Waals surface area contributed by atoms with Crippen molar-refractivity contribution in [2.45, 2.75) is 12.5 Å². The Morgan fingerprint density at radius 1 is 1.85 bits per heavy atom. The summed E-state index contributed by atoms with van der Waals surface area (Å²) in [6.07, 6.45) is 3.87. The molecule has 72 valence electrons. The Balaban J connectivity index is 2.59. The number of esters is 1. The van der Waals surface area contributed by atoms with E-state index in [0.717, 1.165) is 5.82 Å². The summed E-state index contributed by atoms with van der Waals surface area (Å²) in [5.41, 5.74) is 5.56. The monoisotopic (exact) mass is 183 g/mol. The second kappa shape index (κ2) is 4.04. The molecule has 0 aliphatic rings. The minimum Gasteiger partial charge on any atom is -0.468 e. The van der Waals surface area contributed by atoms with Crippen LogP contribution in [0.15, 0.2) is 12.4 Å². The molecule has 0 aliphatic heterocycles. The maximum Gasteiger partial charge on any atom is 0.323 e. The molecular formula is C8H13N3O2. The highest BCUT2D eigenvalue weighted by atomic mass is 16.5. The van der Waals surface area contributed by atoms with Gasteiger partial charge in [-0.3, -0.25) is 4.79 Å². The van der Waals surface area contributed by atoms with E-state index in [4.69, 9.17) is 5.73 Å². The standard InChI is InChI=1S/C8H13N3O2/c1-11-4-3-10-7(11)5-6(9)8(12)13-2/h3-4,6H,5,9H2,1-2H3. The van der Waals surface area contributed by atoms with E-state index >= 15 is 0 Å². The third-order valence-electron chi connectivity index (χ3n) is 1.83. The Morgan fingerprint density at radius 2 is 2.54 bits per heavy atom. The van der Waals surface area contributed by atoms with E-state index in [-0.39, 0.29) is 0 Å². The van der Waals surface area contributed by atoms with Crippen LogP contribution in [0, 0.1) is 0 Å². The van der Waals surface area contributed by atoms with Gasteiger partial charge in [0, 0.05) is 25.9 Å². The number of hydrogen-bond donors (Lipinski definition) is 1. The molecule has 0 aliphatic carbocycles. The highest BCUT2D eigenvalue weighted by Gasteiger charge is 2.15. The molecule has 0 fully saturated rings. The molecule has 1 rings (SSSR count). The van der Waals surface area contributed by atoms with E-state index in [1.165, 1.54) is 7.11 Å². The number of imidazole rings is 1. The van der Waals surface area contributed by atoms with E-state index in [0.29, 0.717) is 6.42 Å². The Morgan fingerprint density at radius 3 is 3.00 bits per heavy atom. The van der Waals surface area contributed by atoms with E-state index in [1.54, 1.807) is 12.4 Å². The van der Waals surface area contributed by atoms with Crippen LogP contribution < -0.4 is 5.73 Å². The number of ether oxygens (including phenoxy) is 1. The average molecular weight is 183 g/mol. The molecule has 2 N–H and O–H groups in total. The van der Waals surface area contributed by atoms with Crippen LogP contribution in [0.1, 0.15) is 5.82 Å². The molecule has 0 radical (unpaired) electrons. The van der Waals surface area contributed by atoms with Crippen molar-refractivity contribution in [3.8, 4) is 0 Å². The number of methoxy groups -OCH3 is 1. The van der Waals surface area contributed by atoms with Crippen LogP contribution in [0.25, 0.3) is 0 Å². The molecule has 5 nitrogen and oxygen atoms in total. The van der Waals surface area contributed by atoms with E-state index in [1.807, 2.05) is 11.6 Å². The quantitative estimate of drug-likeness (QED) is 0.639. The van der Waals surface area contributed by atoms with Gasteiger partial charge in [0.2, 0.25) is 0 Å². The fourth-order valence-corrected chi connectivity index (χ4v) is 1.02. The summed E-state index contributed by atoms with van der Waals surface area (Å²) in [7, 11) is 3.17. The molecule has 0 bridgehead atoms. The number of rotatable bonds is 3. The number of hydrogen-bond acceptors (Lipinski definition) is 4. The van der Waals surface area contributed by atoms with Crippen molar-refractivity contribution < 1.29 is 9.53 Å². The summed E-state index contributed by atoms with van der Waals surface area (Å²) < 4.78 is 6.32. The van der Waals surface area contributed by atoms with E-state index < -0.39 is 12.0 Å². The number of aromatic nitrogens is 2. The van der Waals surface area contributed by atoms with Crippen LogP contribution >= 0.6 is 0 Å². The van der Waals surface area contributed by atoms with Crippen LogP contribution in [-0.2, 0) is 23.0 Å². The molecule has 1 atom stereocenters. The van der Waals surface area contributed by atoms with Crippen LogP contribution in [0.5, 0.6) is 0 Å². The van der Waals surface area contributed by atoms with Crippen molar-refractivity contribution in [3.63, 3.8) is 0 Å². The largest absolute Gasteiger partial charge is 0.468 e. The van der Waals surface area contributed by atoms with E-state index in [2.05, 4.69) is 9.72 Å². The highest BCUT2D eigenvalue weighted by molar-refractivity contribution is 5.75. The van der Waals surface area contributed by atoms with Gasteiger partial charge in [0.25, 0.3) is 0 Å². The normalized spacial score (nSPS) is 12.5. The molecule has 0 amide bonds. The Bertz CT molecular complexity index is 295. The van der Waals surface area contributed by atoms with Crippen LogP contribution in [0.2, 0.25) is 0 Å². The number of nitrogens with zero attached hydrogens (tertiary/aromatic N) is 2. The maximum atomic E-state index is 11.0. The van der Waals surface area contributed by atoms with Crippen molar-refractivity contribution in [1.82, 2.24) is 9.55 Å². The zero-order chi connectivity index (χ0) is 9.84. The zero-order valence-corrected chi connectivity index (χ0v) is 7.73. The van der Waals surface area contributed by atoms with Crippen molar-refractivity contribution in [1.29, 1.82) is 0 Å². The minimum absolute atomic E-state index is 0.399. The molecule has 1 aromatic heterocycles. The van der Waals surface area contributed by atoms with Crippen LogP contribution in [-0.4, -0.2) is 28.7 Å². The number of aryl methyl sites for hydroxylation is 1. The molecule has 0 aromatic carbocycles. The minimum atomic E-state index is -0.633. The third kappa shape index (κ3) is 2.29. The fourth-order valence-electron chi connectivity index (χ4n) is 1.02. The van der Waals surface area contributed by atoms with Gasteiger partial charge in [-0.15, -0.1) is 0 Å². The lowest BCUT2D eigenvalue weighted by molar-refractivity contribution is -0.142. The van der Waals surface area contributed by atoms with Gasteiger partial charge in [0.1, 0.15) is 11.9 Å². The van der Waals surface area contributed by atoms with Crippen molar-refractivity contribution in [2.75, 3.05) is 7.11 Å². The van der Waals surface area contributed by atoms with Gasteiger partial charge in [-0.2, -0.15) is 0 Å². The predicted molar refractivity (Wildman–Crippen MR) is 46.9 cm³/mol. The van der Waals surface area contributed by atoms with Gasteiger partial charge < -0.3 is 15.0 Å². The van der Waals surface area contributed by atoms with Gasteiger partial charge in [0.05, 0.1) is 7.11 Å². The van der Waals surface area contributed by atoms with Crippen LogP contribution in [0.4, 0.5) is 0 Å². The second-order valence-corrected chi connectivity index (χ2v) is 2.79. The first-order chi connectivity index (χ1) is 6.15. The summed E-state index contributed by atoms with van der Waals surface area (Å²) >= 11 is 0. The van der Waals surface area contributed by atoms with Crippen molar-refractivity contribution in [2.24, 2.45) is 12.8 Å². The number of nitrogens with two attached hydrogens (primary N) is 1. The van der Waals surface area contributed by atoms with Gasteiger partial charge in [0.15, 0.2) is 0 Å². The molecule has 1 heterocycles. The van der Waals surface area contributed by atoms with Gasteiger partial charge in [-0.05, 0) is 0 Å². The average Bonchev–Trinajstić information content (AvgIpc) is 2.50. The lowest BCUT2D eigenvalue weighted by Crippen LogP contribution is -2.34. The van der Waals surface area contributed by atoms with Crippen LogP contribution in [0.3, 0.4) is 0 Å². The Labute approximate surface area is 76.5 Å². The smallest absolute Gasteiger partial charge is 0.323 e. The third-order valence-corrected chi connectivity index (χ3v) is 1.83.